The van der Waals surface area contributed by atoms with Crippen LogP contribution in [-0.2, 0) is 0 Å². The van der Waals surface area contributed by atoms with E-state index in [9.17, 15) is 0 Å². The Balaban J connectivity index is 3.03. The fourth-order valence-electron chi connectivity index (χ4n) is 2.96. The zero-order chi connectivity index (χ0) is 16.5. The molecule has 0 bridgehead atoms. The van der Waals surface area contributed by atoms with E-state index in [1.54, 1.807) is 0 Å². The van der Waals surface area contributed by atoms with Crippen LogP contribution >= 0.6 is 0 Å². The highest BCUT2D eigenvalue weighted by Gasteiger charge is 2.26. The fraction of sp³-hybridized carbons (Fsp3) is 0.684. The van der Waals surface area contributed by atoms with Crippen LogP contribution < -0.4 is 0 Å². The fourth-order valence-corrected chi connectivity index (χ4v) is 4.72. The second-order valence-corrected chi connectivity index (χ2v) is 9.71. The third-order valence-corrected chi connectivity index (χ3v) is 7.49. The van der Waals surface area contributed by atoms with E-state index in [1.165, 1.54) is 28.4 Å². The van der Waals surface area contributed by atoms with E-state index in [4.69, 9.17) is 3.98 Å². The van der Waals surface area contributed by atoms with E-state index in [-0.39, 0.29) is 0 Å². The monoisotopic (exact) mass is 316 g/mol. The summed E-state index contributed by atoms with van der Waals surface area (Å²) in [4.78, 5) is 4.49. The lowest BCUT2D eigenvalue weighted by atomic mass is 9.81. The maximum atomic E-state index is 5.29. The zero-order valence-corrected chi connectivity index (χ0v) is 16.5. The van der Waals surface area contributed by atoms with Gasteiger partial charge in [0.05, 0.1) is 0 Å². The van der Waals surface area contributed by atoms with Crippen LogP contribution in [0.15, 0.2) is 33.3 Å². The molecule has 0 aromatic rings. The van der Waals surface area contributed by atoms with Crippen LogP contribution in [0.3, 0.4) is 0 Å². The Labute approximate surface area is 142 Å². The molecule has 0 spiro atoms. The van der Waals surface area contributed by atoms with Crippen LogP contribution in [0, 0.1) is 17.8 Å². The van der Waals surface area contributed by atoms with Crippen LogP contribution in [0.25, 0.3) is 0 Å². The minimum Gasteiger partial charge on any atom is -0.406 e. The normalized spacial score (nSPS) is 22.9. The average Bonchev–Trinajstić information content (AvgIpc) is 2.57. The highest BCUT2D eigenvalue weighted by atomic mass is 27.2. The molecule has 3 unspecified atom stereocenters. The molecule has 0 fully saturated rings. The molecule has 0 aromatic heterocycles. The van der Waals surface area contributed by atoms with Gasteiger partial charge in [-0.3, -0.25) is 4.99 Å². The Hall–Kier alpha value is -0.648. The van der Waals surface area contributed by atoms with E-state index in [0.717, 1.165) is 12.3 Å². The van der Waals surface area contributed by atoms with Gasteiger partial charge in [0, 0.05) is 24.6 Å². The van der Waals surface area contributed by atoms with Gasteiger partial charge in [-0.1, -0.05) is 69.8 Å². The summed E-state index contributed by atoms with van der Waals surface area (Å²) >= 11 is -0.953. The Morgan fingerprint density at radius 2 is 1.86 bits per heavy atom. The van der Waals surface area contributed by atoms with Crippen LogP contribution in [0.1, 0.15) is 47.5 Å². The lowest BCUT2D eigenvalue weighted by molar-refractivity contribution is 0.560. The maximum absolute atomic E-state index is 5.29. The van der Waals surface area contributed by atoms with Gasteiger partial charge in [0.15, 0.2) is 0 Å². The number of hydrogen-bond donors (Lipinski definition) is 0. The molecule has 22 heavy (non-hydrogen) atoms. The molecular formula is C19H33AlN2. The molecule has 0 aliphatic heterocycles. The van der Waals surface area contributed by atoms with Gasteiger partial charge in [-0.2, -0.15) is 0 Å². The Bertz CT molecular complexity index is 444. The second kappa shape index (κ2) is 10.2. The van der Waals surface area contributed by atoms with Gasteiger partial charge in [0.1, 0.15) is 0 Å². The van der Waals surface area contributed by atoms with Crippen LogP contribution in [0.5, 0.6) is 0 Å². The maximum Gasteiger partial charge on any atom is 0.435 e. The van der Waals surface area contributed by atoms with Crippen molar-refractivity contribution in [3.8, 4) is 0 Å². The summed E-state index contributed by atoms with van der Waals surface area (Å²) in [5.41, 5.74) is 2.64. The molecule has 0 heterocycles. The molecule has 0 saturated heterocycles. The second-order valence-electron chi connectivity index (χ2n) is 6.52. The highest BCUT2D eigenvalue weighted by Crippen LogP contribution is 2.25. The van der Waals surface area contributed by atoms with E-state index in [1.807, 2.05) is 7.05 Å². The first-order chi connectivity index (χ1) is 10.6. The molecule has 2 nitrogen and oxygen atoms in total. The Morgan fingerprint density at radius 3 is 2.41 bits per heavy atom. The van der Waals surface area contributed by atoms with Crippen molar-refractivity contribution < 1.29 is 0 Å². The van der Waals surface area contributed by atoms with Crippen LogP contribution in [-0.4, -0.2) is 32.8 Å². The SMILES string of the molecule is CCC(C)C/C(=[N]\[Al]([CH2]C)[CH2]C)C(C)C1C=CC=CC1=NC. The van der Waals surface area contributed by atoms with Crippen molar-refractivity contribution in [1.82, 2.24) is 0 Å². The number of nitrogens with zero attached hydrogens (tertiary/aromatic N) is 2. The minimum atomic E-state index is -0.953. The molecule has 0 radical (unpaired) electrons. The smallest absolute Gasteiger partial charge is 0.406 e. The van der Waals surface area contributed by atoms with Gasteiger partial charge in [-0.25, -0.2) is 0 Å². The lowest BCUT2D eigenvalue weighted by Crippen LogP contribution is -2.29. The first-order valence-electron chi connectivity index (χ1n) is 8.95. The summed E-state index contributed by atoms with van der Waals surface area (Å²) in [5, 5.41) is 2.53. The molecule has 3 heteroatoms. The van der Waals surface area contributed by atoms with Gasteiger partial charge < -0.3 is 3.98 Å². The zero-order valence-electron chi connectivity index (χ0n) is 15.3. The van der Waals surface area contributed by atoms with Crippen molar-refractivity contribution in [2.24, 2.45) is 26.7 Å². The molecule has 0 saturated carbocycles. The third-order valence-electron chi connectivity index (χ3n) is 4.91. The molecular weight excluding hydrogens is 283 g/mol. The van der Waals surface area contributed by atoms with E-state index >= 15 is 0 Å². The lowest BCUT2D eigenvalue weighted by Gasteiger charge is -2.27. The predicted octanol–water partition coefficient (Wildman–Crippen LogP) is 5.34. The molecule has 1 aliphatic rings. The van der Waals surface area contributed by atoms with Gasteiger partial charge >= 0.3 is 14.4 Å². The van der Waals surface area contributed by atoms with Crippen LogP contribution in [0.4, 0.5) is 0 Å². The van der Waals surface area contributed by atoms with Gasteiger partial charge in [-0.05, 0) is 24.1 Å². The Morgan fingerprint density at radius 1 is 1.18 bits per heavy atom. The Kier molecular flexibility index (Phi) is 8.98. The molecule has 1 rings (SSSR count). The number of rotatable bonds is 8. The van der Waals surface area contributed by atoms with Gasteiger partial charge in [0.25, 0.3) is 0 Å². The van der Waals surface area contributed by atoms with Crippen molar-refractivity contribution in [2.45, 2.75) is 58.0 Å². The molecule has 122 valence electrons. The first-order valence-corrected chi connectivity index (χ1v) is 11.1. The molecule has 0 aromatic carbocycles. The highest BCUT2D eigenvalue weighted by molar-refractivity contribution is 6.58. The van der Waals surface area contributed by atoms with Crippen molar-refractivity contribution in [2.75, 3.05) is 7.05 Å². The summed E-state index contributed by atoms with van der Waals surface area (Å²) in [6.45, 7) is 11.6. The van der Waals surface area contributed by atoms with Gasteiger partial charge in [0.2, 0.25) is 0 Å². The third kappa shape index (κ3) is 5.52. The van der Waals surface area contributed by atoms with Crippen molar-refractivity contribution in [3.63, 3.8) is 0 Å². The number of hydrogen-bond acceptors (Lipinski definition) is 2. The van der Waals surface area contributed by atoms with E-state index in [2.05, 4.69) is 63.9 Å². The van der Waals surface area contributed by atoms with Crippen molar-refractivity contribution in [3.05, 3.63) is 24.3 Å². The summed E-state index contributed by atoms with van der Waals surface area (Å²) in [6.07, 6.45) is 11.1. The first kappa shape index (κ1) is 19.4. The quantitative estimate of drug-likeness (QED) is 0.426. The number of allylic oxidation sites excluding steroid dienone is 4. The van der Waals surface area contributed by atoms with Crippen LogP contribution in [0.2, 0.25) is 10.6 Å². The molecule has 0 amide bonds. The molecule has 3 atom stereocenters. The van der Waals surface area contributed by atoms with E-state index in [0.29, 0.717) is 11.8 Å². The summed E-state index contributed by atoms with van der Waals surface area (Å²) in [5.74, 6) is 1.57. The van der Waals surface area contributed by atoms with Crippen molar-refractivity contribution in [1.29, 1.82) is 0 Å². The molecule has 1 aliphatic carbocycles. The number of aliphatic imine (C=N–C) groups is 1. The predicted molar refractivity (Wildman–Crippen MR) is 103 cm³/mol. The standard InChI is InChI=1S/C15H23N2.2C2H5.Al/c1-5-11(2)10-14(16)12(3)13-8-6-7-9-15(13)17-4;2*1-2;/h6-9,11-13H,5,10H2,1-4H3;2*1H2,2H3;/q-1;;;+1. The van der Waals surface area contributed by atoms with Gasteiger partial charge in [-0.15, -0.1) is 0 Å². The summed E-state index contributed by atoms with van der Waals surface area (Å²) in [7, 11) is 1.90. The molecule has 0 N–H and O–H groups in total. The van der Waals surface area contributed by atoms with E-state index < -0.39 is 14.4 Å². The average molecular weight is 316 g/mol. The largest absolute Gasteiger partial charge is 0.435 e. The summed E-state index contributed by atoms with van der Waals surface area (Å²) in [6, 6.07) is 0. The van der Waals surface area contributed by atoms with Crippen molar-refractivity contribution >= 4 is 25.8 Å². The minimum absolute atomic E-state index is 0.390. The summed E-state index contributed by atoms with van der Waals surface area (Å²) < 4.78 is 5.29. The topological polar surface area (TPSA) is 24.7 Å².